The van der Waals surface area contributed by atoms with Crippen molar-refractivity contribution < 1.29 is 4.79 Å². The molecule has 19 heavy (non-hydrogen) atoms. The van der Waals surface area contributed by atoms with Crippen LogP contribution in [-0.4, -0.2) is 13.0 Å². The molecule has 5 heteroatoms. The van der Waals surface area contributed by atoms with Crippen molar-refractivity contribution in [2.45, 2.75) is 13.5 Å². The molecule has 0 aliphatic carbocycles. The van der Waals surface area contributed by atoms with E-state index in [9.17, 15) is 4.79 Å². The fraction of sp³-hybridized carbons (Fsp3) is 0.214. The van der Waals surface area contributed by atoms with Crippen molar-refractivity contribution in [2.24, 2.45) is 5.73 Å². The fourth-order valence-corrected chi connectivity index (χ4v) is 2.83. The first-order valence-corrected chi connectivity index (χ1v) is 6.75. The van der Waals surface area contributed by atoms with Gasteiger partial charge >= 0.3 is 0 Å². The van der Waals surface area contributed by atoms with E-state index in [4.69, 9.17) is 11.5 Å². The minimum absolute atomic E-state index is 0.422. The van der Waals surface area contributed by atoms with Gasteiger partial charge in [-0.1, -0.05) is 29.8 Å². The Balaban J connectivity index is 2.18. The van der Waals surface area contributed by atoms with E-state index in [2.05, 4.69) is 30.0 Å². The predicted octanol–water partition coefficient (Wildman–Crippen LogP) is 2.37. The van der Waals surface area contributed by atoms with Crippen LogP contribution in [0.4, 0.5) is 10.7 Å². The Morgan fingerprint density at radius 2 is 2.11 bits per heavy atom. The number of rotatable bonds is 4. The second kappa shape index (κ2) is 5.32. The van der Waals surface area contributed by atoms with Crippen LogP contribution in [0.15, 0.2) is 30.3 Å². The molecule has 0 aliphatic heterocycles. The maximum Gasteiger partial charge on any atom is 0.260 e. The van der Waals surface area contributed by atoms with Crippen LogP contribution < -0.4 is 16.4 Å². The largest absolute Gasteiger partial charge is 0.397 e. The number of thiophene rings is 1. The highest BCUT2D eigenvalue weighted by molar-refractivity contribution is 7.18. The van der Waals surface area contributed by atoms with Crippen molar-refractivity contribution in [1.29, 1.82) is 0 Å². The van der Waals surface area contributed by atoms with Gasteiger partial charge in [0, 0.05) is 13.6 Å². The molecule has 1 heterocycles. The summed E-state index contributed by atoms with van der Waals surface area (Å²) in [6, 6.07) is 10.1. The van der Waals surface area contributed by atoms with Gasteiger partial charge in [-0.25, -0.2) is 0 Å². The number of anilines is 2. The molecule has 0 bridgehead atoms. The lowest BCUT2D eigenvalue weighted by Crippen LogP contribution is -2.15. The van der Waals surface area contributed by atoms with Crippen molar-refractivity contribution in [3.05, 3.63) is 46.3 Å². The number of nitrogens with zero attached hydrogens (tertiary/aromatic N) is 1. The van der Waals surface area contributed by atoms with Gasteiger partial charge in [0.15, 0.2) is 0 Å². The molecule has 2 aromatic rings. The van der Waals surface area contributed by atoms with Crippen molar-refractivity contribution in [3.8, 4) is 0 Å². The molecule has 4 N–H and O–H groups in total. The Morgan fingerprint density at radius 3 is 2.68 bits per heavy atom. The summed E-state index contributed by atoms with van der Waals surface area (Å²) in [5.74, 6) is -0.474. The first kappa shape index (κ1) is 13.4. The number of carbonyl (C=O) groups excluding carboxylic acids is 1. The minimum atomic E-state index is -0.474. The number of hydrogen-bond donors (Lipinski definition) is 2. The van der Waals surface area contributed by atoms with Crippen LogP contribution in [0.5, 0.6) is 0 Å². The third-order valence-electron chi connectivity index (χ3n) is 2.85. The summed E-state index contributed by atoms with van der Waals surface area (Å²) in [6.45, 7) is 2.83. The molecular formula is C14H17N3OS. The van der Waals surface area contributed by atoms with E-state index in [0.717, 1.165) is 11.5 Å². The normalized spacial score (nSPS) is 10.4. The quantitative estimate of drug-likeness (QED) is 0.899. The van der Waals surface area contributed by atoms with Crippen molar-refractivity contribution >= 4 is 27.9 Å². The third kappa shape index (κ3) is 3.06. The van der Waals surface area contributed by atoms with Gasteiger partial charge in [-0.2, -0.15) is 0 Å². The summed E-state index contributed by atoms with van der Waals surface area (Å²) in [6.07, 6.45) is 0. The molecule has 0 atom stereocenters. The van der Waals surface area contributed by atoms with Crippen molar-refractivity contribution in [2.75, 3.05) is 17.7 Å². The Morgan fingerprint density at radius 1 is 1.37 bits per heavy atom. The van der Waals surface area contributed by atoms with Crippen LogP contribution >= 0.6 is 11.3 Å². The van der Waals surface area contributed by atoms with Gasteiger partial charge in [-0.05, 0) is 18.6 Å². The maximum atomic E-state index is 11.2. The van der Waals surface area contributed by atoms with E-state index in [1.807, 2.05) is 13.1 Å². The van der Waals surface area contributed by atoms with Gasteiger partial charge in [0.05, 0.1) is 10.7 Å². The summed E-state index contributed by atoms with van der Waals surface area (Å²) < 4.78 is 0. The number of benzene rings is 1. The van der Waals surface area contributed by atoms with E-state index in [1.54, 1.807) is 6.07 Å². The molecule has 1 aromatic heterocycles. The van der Waals surface area contributed by atoms with Crippen LogP contribution in [0.3, 0.4) is 0 Å². The molecule has 1 amide bonds. The first-order chi connectivity index (χ1) is 8.97. The standard InChI is InChI=1S/C14H17N3OS/c1-9-4-3-5-10(6-9)8-17(2)12-7-11(15)13(19-12)14(16)18/h3-7H,8,15H2,1-2H3,(H2,16,18). The van der Waals surface area contributed by atoms with Crippen molar-refractivity contribution in [1.82, 2.24) is 0 Å². The van der Waals surface area contributed by atoms with Crippen LogP contribution in [-0.2, 0) is 6.54 Å². The molecular weight excluding hydrogens is 258 g/mol. The molecule has 0 aliphatic rings. The summed E-state index contributed by atoms with van der Waals surface area (Å²) in [4.78, 5) is 13.7. The van der Waals surface area contributed by atoms with E-state index in [-0.39, 0.29) is 0 Å². The van der Waals surface area contributed by atoms with Crippen LogP contribution in [0.25, 0.3) is 0 Å². The lowest BCUT2D eigenvalue weighted by molar-refractivity contribution is 0.100. The predicted molar refractivity (Wildman–Crippen MR) is 80.5 cm³/mol. The summed E-state index contributed by atoms with van der Waals surface area (Å²) >= 11 is 1.33. The zero-order valence-electron chi connectivity index (χ0n) is 11.0. The lowest BCUT2D eigenvalue weighted by Gasteiger charge is -2.17. The number of primary amides is 1. The zero-order valence-corrected chi connectivity index (χ0v) is 11.8. The SMILES string of the molecule is Cc1cccc(CN(C)c2cc(N)c(C(N)=O)s2)c1. The molecule has 4 nitrogen and oxygen atoms in total. The van der Waals surface area contributed by atoms with Gasteiger partial charge < -0.3 is 16.4 Å². The molecule has 1 aromatic carbocycles. The van der Waals surface area contributed by atoms with E-state index in [0.29, 0.717) is 10.6 Å². The molecule has 0 unspecified atom stereocenters. The Bertz CT molecular complexity index is 606. The fourth-order valence-electron chi connectivity index (χ4n) is 1.93. The number of nitrogens with two attached hydrogens (primary N) is 2. The smallest absolute Gasteiger partial charge is 0.260 e. The molecule has 0 saturated heterocycles. The summed E-state index contributed by atoms with van der Waals surface area (Å²) in [7, 11) is 1.97. The highest BCUT2D eigenvalue weighted by Crippen LogP contribution is 2.31. The number of carbonyl (C=O) groups is 1. The van der Waals surface area contributed by atoms with E-state index < -0.39 is 5.91 Å². The molecule has 2 rings (SSSR count). The monoisotopic (exact) mass is 275 g/mol. The zero-order chi connectivity index (χ0) is 14.0. The summed E-state index contributed by atoms with van der Waals surface area (Å²) in [5.41, 5.74) is 14.0. The van der Waals surface area contributed by atoms with Gasteiger partial charge in [0.2, 0.25) is 0 Å². The molecule has 0 spiro atoms. The lowest BCUT2D eigenvalue weighted by atomic mass is 10.1. The van der Waals surface area contributed by atoms with Crippen molar-refractivity contribution in [3.63, 3.8) is 0 Å². The van der Waals surface area contributed by atoms with Gasteiger partial charge in [0.1, 0.15) is 4.88 Å². The van der Waals surface area contributed by atoms with Gasteiger partial charge in [0.25, 0.3) is 5.91 Å². The van der Waals surface area contributed by atoms with Crippen LogP contribution in [0.2, 0.25) is 0 Å². The average Bonchev–Trinajstić information content (AvgIpc) is 2.71. The molecule has 100 valence electrons. The van der Waals surface area contributed by atoms with Crippen LogP contribution in [0, 0.1) is 6.92 Å². The molecule has 0 radical (unpaired) electrons. The second-order valence-electron chi connectivity index (χ2n) is 4.58. The Hall–Kier alpha value is -2.01. The maximum absolute atomic E-state index is 11.2. The van der Waals surface area contributed by atoms with E-state index in [1.165, 1.54) is 22.5 Å². The molecule has 0 saturated carbocycles. The number of hydrogen-bond acceptors (Lipinski definition) is 4. The van der Waals surface area contributed by atoms with Gasteiger partial charge in [-0.15, -0.1) is 11.3 Å². The van der Waals surface area contributed by atoms with E-state index >= 15 is 0 Å². The number of nitrogen functional groups attached to an aromatic ring is 1. The number of amides is 1. The topological polar surface area (TPSA) is 72.3 Å². The van der Waals surface area contributed by atoms with Crippen LogP contribution in [0.1, 0.15) is 20.8 Å². The average molecular weight is 275 g/mol. The Kier molecular flexibility index (Phi) is 3.76. The highest BCUT2D eigenvalue weighted by Gasteiger charge is 2.14. The minimum Gasteiger partial charge on any atom is -0.397 e. The van der Waals surface area contributed by atoms with Gasteiger partial charge in [-0.3, -0.25) is 4.79 Å². The number of aryl methyl sites for hydroxylation is 1. The Labute approximate surface area is 116 Å². The molecule has 0 fully saturated rings. The third-order valence-corrected chi connectivity index (χ3v) is 4.13. The highest BCUT2D eigenvalue weighted by atomic mass is 32.1. The summed E-state index contributed by atoms with van der Waals surface area (Å²) in [5, 5.41) is 0.938. The second-order valence-corrected chi connectivity index (χ2v) is 5.61. The first-order valence-electron chi connectivity index (χ1n) is 5.93.